The van der Waals surface area contributed by atoms with Crippen LogP contribution in [0.25, 0.3) is 10.8 Å². The summed E-state index contributed by atoms with van der Waals surface area (Å²) in [6.07, 6.45) is 0.354. The normalized spacial score (nSPS) is 15.9. The van der Waals surface area contributed by atoms with Crippen LogP contribution in [0.5, 0.6) is 0 Å². The highest BCUT2D eigenvalue weighted by atomic mass is 35.5. The van der Waals surface area contributed by atoms with E-state index in [9.17, 15) is 4.79 Å². The summed E-state index contributed by atoms with van der Waals surface area (Å²) >= 11 is 13.0. The van der Waals surface area contributed by atoms with Gasteiger partial charge in [0.1, 0.15) is 0 Å². The van der Waals surface area contributed by atoms with Gasteiger partial charge >= 0.3 is 0 Å². The highest BCUT2D eigenvalue weighted by Gasteiger charge is 2.34. The summed E-state index contributed by atoms with van der Waals surface area (Å²) in [5.41, 5.74) is 5.29. The summed E-state index contributed by atoms with van der Waals surface area (Å²) in [6.45, 7) is 2.61. The predicted octanol–water partition coefficient (Wildman–Crippen LogP) is 7.52. The number of hydrogen-bond acceptors (Lipinski definition) is 1. The lowest BCUT2D eigenvalue weighted by Gasteiger charge is -2.36. The standard InChI is InChI=1S/C27H21Cl2NO/c1-17-9-11-18(12-10-17)16-30-24-14-13-19-5-2-3-6-20(19)26(24)22(15-25(30)31)21-7-4-8-23(28)27(21)29/h2-14,22H,15-16H2,1H3. The van der Waals surface area contributed by atoms with Gasteiger partial charge in [-0.1, -0.05) is 95.5 Å². The van der Waals surface area contributed by atoms with Gasteiger partial charge in [0, 0.05) is 18.0 Å². The molecule has 1 unspecified atom stereocenters. The number of hydrogen-bond donors (Lipinski definition) is 0. The van der Waals surface area contributed by atoms with Gasteiger partial charge in [0.05, 0.1) is 16.6 Å². The van der Waals surface area contributed by atoms with Crippen LogP contribution < -0.4 is 4.90 Å². The quantitative estimate of drug-likeness (QED) is 0.319. The van der Waals surface area contributed by atoms with E-state index in [1.54, 1.807) is 6.07 Å². The Labute approximate surface area is 192 Å². The molecule has 154 valence electrons. The molecule has 0 aliphatic carbocycles. The zero-order chi connectivity index (χ0) is 21.5. The molecule has 0 bridgehead atoms. The molecular formula is C27H21Cl2NO. The molecule has 0 radical (unpaired) electrons. The Morgan fingerprint density at radius 2 is 1.68 bits per heavy atom. The van der Waals surface area contributed by atoms with Gasteiger partial charge in [-0.25, -0.2) is 0 Å². The van der Waals surface area contributed by atoms with Gasteiger partial charge in [0.2, 0.25) is 5.91 Å². The maximum Gasteiger partial charge on any atom is 0.228 e. The van der Waals surface area contributed by atoms with Gasteiger partial charge in [-0.3, -0.25) is 4.79 Å². The molecule has 4 aromatic carbocycles. The van der Waals surface area contributed by atoms with Crippen molar-refractivity contribution >= 4 is 45.6 Å². The molecule has 4 heteroatoms. The van der Waals surface area contributed by atoms with E-state index in [-0.39, 0.29) is 11.8 Å². The summed E-state index contributed by atoms with van der Waals surface area (Å²) < 4.78 is 0. The SMILES string of the molecule is Cc1ccc(CN2C(=O)CC(c3cccc(Cl)c3Cl)c3c2ccc2ccccc32)cc1. The van der Waals surface area contributed by atoms with Crippen molar-refractivity contribution in [1.29, 1.82) is 0 Å². The highest BCUT2D eigenvalue weighted by molar-refractivity contribution is 6.42. The second-order valence-corrected chi connectivity index (χ2v) is 8.87. The number of benzene rings is 4. The average Bonchev–Trinajstić information content (AvgIpc) is 2.78. The first-order valence-corrected chi connectivity index (χ1v) is 11.1. The van der Waals surface area contributed by atoms with Crippen molar-refractivity contribution in [3.05, 3.63) is 111 Å². The monoisotopic (exact) mass is 445 g/mol. The van der Waals surface area contributed by atoms with E-state index in [2.05, 4.69) is 55.5 Å². The van der Waals surface area contributed by atoms with Crippen molar-refractivity contribution < 1.29 is 4.79 Å². The lowest BCUT2D eigenvalue weighted by molar-refractivity contribution is -0.119. The van der Waals surface area contributed by atoms with E-state index in [0.717, 1.165) is 33.2 Å². The van der Waals surface area contributed by atoms with Crippen molar-refractivity contribution in [2.45, 2.75) is 25.8 Å². The highest BCUT2D eigenvalue weighted by Crippen LogP contribution is 2.47. The van der Waals surface area contributed by atoms with Crippen LogP contribution in [0.15, 0.2) is 78.9 Å². The number of amides is 1. The molecule has 0 fully saturated rings. The summed E-state index contributed by atoms with van der Waals surface area (Å²) in [5.74, 6) is -0.0570. The molecule has 1 aliphatic rings. The minimum Gasteiger partial charge on any atom is -0.308 e. The van der Waals surface area contributed by atoms with Crippen molar-refractivity contribution in [3.63, 3.8) is 0 Å². The molecule has 1 amide bonds. The molecule has 1 aliphatic heterocycles. The molecule has 0 saturated carbocycles. The number of fused-ring (bicyclic) bond motifs is 3. The van der Waals surface area contributed by atoms with E-state index < -0.39 is 0 Å². The number of halogens is 2. The number of carbonyl (C=O) groups excluding carboxylic acids is 1. The molecule has 31 heavy (non-hydrogen) atoms. The molecule has 2 nitrogen and oxygen atoms in total. The predicted molar refractivity (Wildman–Crippen MR) is 129 cm³/mol. The summed E-state index contributed by atoms with van der Waals surface area (Å²) in [5, 5.41) is 3.32. The first kappa shape index (κ1) is 20.1. The Bertz CT molecular complexity index is 1300. The van der Waals surface area contributed by atoms with Gasteiger partial charge in [-0.2, -0.15) is 0 Å². The topological polar surface area (TPSA) is 20.3 Å². The first-order chi connectivity index (χ1) is 15.0. The summed E-state index contributed by atoms with van der Waals surface area (Å²) in [4.78, 5) is 15.3. The fourth-order valence-electron chi connectivity index (χ4n) is 4.51. The van der Waals surface area contributed by atoms with Crippen LogP contribution in [0, 0.1) is 6.92 Å². The van der Waals surface area contributed by atoms with E-state index in [1.807, 2.05) is 29.2 Å². The van der Waals surface area contributed by atoms with Gasteiger partial charge in [0.15, 0.2) is 0 Å². The maximum atomic E-state index is 13.4. The zero-order valence-electron chi connectivity index (χ0n) is 17.1. The van der Waals surface area contributed by atoms with Gasteiger partial charge in [0.25, 0.3) is 0 Å². The average molecular weight is 446 g/mol. The summed E-state index contributed by atoms with van der Waals surface area (Å²) in [6, 6.07) is 26.5. The smallest absolute Gasteiger partial charge is 0.228 e. The minimum absolute atomic E-state index is 0.0874. The zero-order valence-corrected chi connectivity index (χ0v) is 18.6. The van der Waals surface area contributed by atoms with Crippen LogP contribution in [0.3, 0.4) is 0 Å². The fourth-order valence-corrected chi connectivity index (χ4v) is 4.95. The number of rotatable bonds is 3. The van der Waals surface area contributed by atoms with Crippen LogP contribution in [0.1, 0.15) is 34.6 Å². The molecule has 5 rings (SSSR count). The van der Waals surface area contributed by atoms with Crippen LogP contribution >= 0.6 is 23.2 Å². The number of aryl methyl sites for hydroxylation is 1. The fraction of sp³-hybridized carbons (Fsp3) is 0.148. The van der Waals surface area contributed by atoms with E-state index in [0.29, 0.717) is 23.0 Å². The molecule has 1 atom stereocenters. The van der Waals surface area contributed by atoms with Gasteiger partial charge in [-0.05, 0) is 46.5 Å². The number of anilines is 1. The lowest BCUT2D eigenvalue weighted by atomic mass is 9.81. The second kappa shape index (κ2) is 8.03. The number of nitrogens with zero attached hydrogens (tertiary/aromatic N) is 1. The molecule has 1 heterocycles. The molecule has 0 spiro atoms. The van der Waals surface area contributed by atoms with Crippen LogP contribution in [-0.4, -0.2) is 5.91 Å². The molecule has 4 aromatic rings. The van der Waals surface area contributed by atoms with Crippen molar-refractivity contribution in [3.8, 4) is 0 Å². The Hall–Kier alpha value is -2.81. The number of carbonyl (C=O) groups is 1. The van der Waals surface area contributed by atoms with Gasteiger partial charge in [-0.15, -0.1) is 0 Å². The Morgan fingerprint density at radius 3 is 2.48 bits per heavy atom. The summed E-state index contributed by atoms with van der Waals surface area (Å²) in [7, 11) is 0. The van der Waals surface area contributed by atoms with Crippen molar-refractivity contribution in [1.82, 2.24) is 0 Å². The molecule has 0 N–H and O–H groups in total. The second-order valence-electron chi connectivity index (χ2n) is 8.08. The Morgan fingerprint density at radius 1 is 0.903 bits per heavy atom. The Balaban J connectivity index is 1.70. The maximum absolute atomic E-state index is 13.4. The molecule has 0 saturated heterocycles. The molecule has 0 aromatic heterocycles. The van der Waals surface area contributed by atoms with E-state index >= 15 is 0 Å². The lowest BCUT2D eigenvalue weighted by Crippen LogP contribution is -2.36. The minimum atomic E-state index is -0.144. The Kier molecular flexibility index (Phi) is 5.21. The van der Waals surface area contributed by atoms with Crippen LogP contribution in [0.4, 0.5) is 5.69 Å². The van der Waals surface area contributed by atoms with Crippen LogP contribution in [-0.2, 0) is 11.3 Å². The molecular weight excluding hydrogens is 425 g/mol. The van der Waals surface area contributed by atoms with E-state index in [4.69, 9.17) is 23.2 Å². The van der Waals surface area contributed by atoms with Crippen LogP contribution in [0.2, 0.25) is 10.0 Å². The van der Waals surface area contributed by atoms with E-state index in [1.165, 1.54) is 5.56 Å². The first-order valence-electron chi connectivity index (χ1n) is 10.3. The van der Waals surface area contributed by atoms with Gasteiger partial charge < -0.3 is 4.90 Å². The third-order valence-corrected chi connectivity index (χ3v) is 6.92. The third-order valence-electron chi connectivity index (χ3n) is 6.08. The van der Waals surface area contributed by atoms with Crippen molar-refractivity contribution in [2.75, 3.05) is 4.90 Å². The van der Waals surface area contributed by atoms with Crippen molar-refractivity contribution in [2.24, 2.45) is 0 Å². The third kappa shape index (κ3) is 3.60. The largest absolute Gasteiger partial charge is 0.308 e.